The Morgan fingerprint density at radius 3 is 2.67 bits per heavy atom. The van der Waals surface area contributed by atoms with Gasteiger partial charge in [0.05, 0.1) is 18.6 Å². The maximum Gasteiger partial charge on any atom is 0.309 e. The Bertz CT molecular complexity index is 947. The number of fused-ring (bicyclic) bond motifs is 1. The first-order chi connectivity index (χ1) is 14.5. The van der Waals surface area contributed by atoms with Crippen molar-refractivity contribution in [2.45, 2.75) is 51.0 Å². The molecule has 0 amide bonds. The maximum absolute atomic E-state index is 12.3. The summed E-state index contributed by atoms with van der Waals surface area (Å²) in [6.07, 6.45) is 5.64. The lowest BCUT2D eigenvalue weighted by molar-refractivity contribution is -0.146. The van der Waals surface area contributed by atoms with Gasteiger partial charge in [-0.25, -0.2) is 0 Å². The fourth-order valence-corrected chi connectivity index (χ4v) is 4.80. The first kappa shape index (κ1) is 20.5. The highest BCUT2D eigenvalue weighted by atomic mass is 16.5. The van der Waals surface area contributed by atoms with E-state index in [0.29, 0.717) is 12.2 Å². The second-order valence-electron chi connectivity index (χ2n) is 8.48. The van der Waals surface area contributed by atoms with Crippen LogP contribution in [0.3, 0.4) is 0 Å². The third kappa shape index (κ3) is 3.81. The van der Waals surface area contributed by atoms with E-state index >= 15 is 0 Å². The fourth-order valence-electron chi connectivity index (χ4n) is 4.80. The number of aldehydes is 1. The van der Waals surface area contributed by atoms with Crippen molar-refractivity contribution in [3.63, 3.8) is 0 Å². The molecule has 1 fully saturated rings. The number of aromatic hydroxyl groups is 1. The molecular weight excluding hydrogens is 380 g/mol. The number of benzene rings is 2. The van der Waals surface area contributed by atoms with Crippen LogP contribution in [-0.2, 0) is 16.0 Å². The van der Waals surface area contributed by atoms with Crippen LogP contribution in [0.25, 0.3) is 0 Å². The second-order valence-corrected chi connectivity index (χ2v) is 8.48. The van der Waals surface area contributed by atoms with Gasteiger partial charge in [-0.15, -0.1) is 0 Å². The molecule has 0 spiro atoms. The number of rotatable bonds is 6. The predicted molar refractivity (Wildman–Crippen MR) is 113 cm³/mol. The Balaban J connectivity index is 1.62. The zero-order valence-electron chi connectivity index (χ0n) is 17.5. The van der Waals surface area contributed by atoms with Crippen molar-refractivity contribution in [2.75, 3.05) is 7.11 Å². The van der Waals surface area contributed by atoms with Gasteiger partial charge in [0, 0.05) is 0 Å². The Kier molecular flexibility index (Phi) is 5.80. The lowest BCUT2D eigenvalue weighted by atomic mass is 9.68. The number of phenols is 1. The van der Waals surface area contributed by atoms with Crippen LogP contribution in [0.4, 0.5) is 0 Å². The fraction of sp³-hybridized carbons (Fsp3) is 0.440. The van der Waals surface area contributed by atoms with Gasteiger partial charge < -0.3 is 14.6 Å². The minimum absolute atomic E-state index is 0.0209. The average Bonchev–Trinajstić information content (AvgIpc) is 2.74. The van der Waals surface area contributed by atoms with Crippen LogP contribution >= 0.6 is 0 Å². The zero-order chi connectivity index (χ0) is 21.3. The van der Waals surface area contributed by atoms with Crippen molar-refractivity contribution in [3.05, 3.63) is 58.7 Å². The number of carbonyl (C=O) groups excluding carboxylic acids is 2. The second kappa shape index (κ2) is 8.50. The summed E-state index contributed by atoms with van der Waals surface area (Å²) in [4.78, 5) is 23.5. The van der Waals surface area contributed by atoms with Gasteiger partial charge in [-0.2, -0.15) is 0 Å². The van der Waals surface area contributed by atoms with Gasteiger partial charge in [-0.05, 0) is 72.4 Å². The summed E-state index contributed by atoms with van der Waals surface area (Å²) in [5.41, 5.74) is 3.43. The van der Waals surface area contributed by atoms with E-state index in [4.69, 9.17) is 9.47 Å². The van der Waals surface area contributed by atoms with E-state index in [-0.39, 0.29) is 35.2 Å². The number of methoxy groups -OCH3 is 1. The van der Waals surface area contributed by atoms with Gasteiger partial charge in [-0.1, -0.05) is 31.5 Å². The van der Waals surface area contributed by atoms with Crippen molar-refractivity contribution in [1.29, 1.82) is 0 Å². The van der Waals surface area contributed by atoms with Crippen molar-refractivity contribution >= 4 is 12.3 Å². The van der Waals surface area contributed by atoms with Crippen molar-refractivity contribution in [3.8, 4) is 11.5 Å². The van der Waals surface area contributed by atoms with Crippen LogP contribution in [0.5, 0.6) is 11.5 Å². The Morgan fingerprint density at radius 1 is 1.20 bits per heavy atom. The van der Waals surface area contributed by atoms with Crippen molar-refractivity contribution in [1.82, 2.24) is 0 Å². The monoisotopic (exact) mass is 408 g/mol. The Hall–Kier alpha value is -2.82. The summed E-state index contributed by atoms with van der Waals surface area (Å²) in [7, 11) is 1.45. The molecule has 4 rings (SSSR count). The summed E-state index contributed by atoms with van der Waals surface area (Å²) < 4.78 is 11.4. The van der Waals surface area contributed by atoms with E-state index in [1.807, 2.05) is 6.92 Å². The highest BCUT2D eigenvalue weighted by Crippen LogP contribution is 2.46. The largest absolute Gasteiger partial charge is 0.507 e. The molecule has 5 heteroatoms. The van der Waals surface area contributed by atoms with E-state index < -0.39 is 0 Å². The molecule has 1 N–H and O–H groups in total. The first-order valence-corrected chi connectivity index (χ1v) is 10.7. The molecular formula is C25H28O5. The molecule has 0 aromatic heterocycles. The van der Waals surface area contributed by atoms with Gasteiger partial charge in [0.25, 0.3) is 0 Å². The lowest BCUT2D eigenvalue weighted by Crippen LogP contribution is -2.30. The van der Waals surface area contributed by atoms with Crippen molar-refractivity contribution < 1.29 is 24.2 Å². The molecule has 158 valence electrons. The summed E-state index contributed by atoms with van der Waals surface area (Å²) in [5, 5.41) is 9.78. The van der Waals surface area contributed by atoms with Crippen LogP contribution < -0.4 is 4.74 Å². The molecule has 1 aliphatic heterocycles. The zero-order valence-corrected chi connectivity index (χ0v) is 17.5. The summed E-state index contributed by atoms with van der Waals surface area (Å²) in [6.45, 7) is 1.95. The third-order valence-electron chi connectivity index (χ3n) is 6.74. The number of hydrogen-bond donors (Lipinski definition) is 1. The molecule has 1 unspecified atom stereocenters. The van der Waals surface area contributed by atoms with E-state index in [1.54, 1.807) is 18.2 Å². The smallest absolute Gasteiger partial charge is 0.309 e. The molecule has 1 aliphatic carbocycles. The van der Waals surface area contributed by atoms with Gasteiger partial charge in [0.1, 0.15) is 17.6 Å². The Labute approximate surface area is 177 Å². The topological polar surface area (TPSA) is 72.8 Å². The standard InChI is InChI=1S/C25H28O5/c1-15(25(28)29-2)24(17-4-3-5-17)19-7-6-16-9-11-22(30-23(16)13-19)18-8-10-21(27)20(12-18)14-26/h6-8,10,12-15,17,22,24,27H,3-5,9,11H2,1-2H3/t15-,22?,24-/m0/s1. The van der Waals surface area contributed by atoms with E-state index in [9.17, 15) is 14.7 Å². The molecule has 2 aromatic carbocycles. The summed E-state index contributed by atoms with van der Waals surface area (Å²) >= 11 is 0. The molecule has 2 aliphatic rings. The molecule has 1 saturated carbocycles. The van der Waals surface area contributed by atoms with Crippen LogP contribution in [0.15, 0.2) is 36.4 Å². The average molecular weight is 408 g/mol. The molecule has 1 heterocycles. The first-order valence-electron chi connectivity index (χ1n) is 10.7. The van der Waals surface area contributed by atoms with Gasteiger partial charge in [-0.3, -0.25) is 9.59 Å². The number of aryl methyl sites for hydroxylation is 1. The molecule has 3 atom stereocenters. The molecule has 0 bridgehead atoms. The minimum atomic E-state index is -0.204. The summed E-state index contributed by atoms with van der Waals surface area (Å²) in [5.74, 6) is 1.05. The highest BCUT2D eigenvalue weighted by Gasteiger charge is 2.37. The molecule has 0 radical (unpaired) electrons. The van der Waals surface area contributed by atoms with Crippen LogP contribution in [-0.4, -0.2) is 24.5 Å². The predicted octanol–water partition coefficient (Wildman–Crippen LogP) is 4.96. The van der Waals surface area contributed by atoms with Crippen LogP contribution in [0.2, 0.25) is 0 Å². The third-order valence-corrected chi connectivity index (χ3v) is 6.74. The van der Waals surface area contributed by atoms with E-state index in [2.05, 4.69) is 18.2 Å². The Morgan fingerprint density at radius 2 is 2.00 bits per heavy atom. The highest BCUT2D eigenvalue weighted by molar-refractivity contribution is 5.79. The van der Waals surface area contributed by atoms with Gasteiger partial charge in [0.15, 0.2) is 6.29 Å². The van der Waals surface area contributed by atoms with Gasteiger partial charge >= 0.3 is 5.97 Å². The van der Waals surface area contributed by atoms with Gasteiger partial charge in [0.2, 0.25) is 0 Å². The lowest BCUT2D eigenvalue weighted by Gasteiger charge is -2.37. The quantitative estimate of drug-likeness (QED) is 0.540. The minimum Gasteiger partial charge on any atom is -0.507 e. The van der Waals surface area contributed by atoms with Crippen LogP contribution in [0.1, 0.15) is 71.7 Å². The van der Waals surface area contributed by atoms with E-state index in [0.717, 1.165) is 48.1 Å². The molecule has 2 aromatic rings. The van der Waals surface area contributed by atoms with Crippen LogP contribution in [0, 0.1) is 11.8 Å². The number of carbonyl (C=O) groups is 2. The number of esters is 1. The number of phenolic OH excluding ortho intramolecular Hbond substituents is 1. The summed E-state index contributed by atoms with van der Waals surface area (Å²) in [6, 6.07) is 11.4. The molecule has 30 heavy (non-hydrogen) atoms. The maximum atomic E-state index is 12.3. The molecule has 5 nitrogen and oxygen atoms in total. The van der Waals surface area contributed by atoms with Crippen molar-refractivity contribution in [2.24, 2.45) is 11.8 Å². The SMILES string of the molecule is COC(=O)[C@@H](C)[C@H](c1ccc2c(c1)OC(c1ccc(O)c(C=O)c1)CC2)C1CCC1. The number of ether oxygens (including phenoxy) is 2. The van der Waals surface area contributed by atoms with E-state index in [1.165, 1.54) is 13.5 Å². The number of hydrogen-bond acceptors (Lipinski definition) is 5. The normalized spacial score (nSPS) is 20.3. The molecule has 0 saturated heterocycles.